The second kappa shape index (κ2) is 4.23. The van der Waals surface area contributed by atoms with Crippen molar-refractivity contribution in [3.63, 3.8) is 0 Å². The molecule has 1 heterocycles. The third kappa shape index (κ3) is 2.11. The SMILES string of the molecule is Cc1noc(C)c1C(=O)NC(C)CN. The van der Waals surface area contributed by atoms with Gasteiger partial charge in [-0.15, -0.1) is 0 Å². The molecule has 1 atom stereocenters. The fourth-order valence-electron chi connectivity index (χ4n) is 1.16. The molecule has 0 aliphatic rings. The predicted molar refractivity (Wildman–Crippen MR) is 52.0 cm³/mol. The Hall–Kier alpha value is -1.36. The molecule has 0 spiro atoms. The molecular weight excluding hydrogens is 182 g/mol. The Balaban J connectivity index is 2.79. The average Bonchev–Trinajstić information content (AvgIpc) is 2.46. The zero-order chi connectivity index (χ0) is 10.7. The molecule has 1 amide bonds. The number of rotatable bonds is 3. The highest BCUT2D eigenvalue weighted by Crippen LogP contribution is 2.11. The van der Waals surface area contributed by atoms with Gasteiger partial charge in [-0.05, 0) is 20.8 Å². The van der Waals surface area contributed by atoms with Crippen LogP contribution in [0.5, 0.6) is 0 Å². The van der Waals surface area contributed by atoms with Crippen molar-refractivity contribution >= 4 is 5.91 Å². The van der Waals surface area contributed by atoms with Crippen LogP contribution in [0.1, 0.15) is 28.7 Å². The maximum Gasteiger partial charge on any atom is 0.257 e. The summed E-state index contributed by atoms with van der Waals surface area (Å²) in [6.07, 6.45) is 0. The van der Waals surface area contributed by atoms with Crippen molar-refractivity contribution in [3.05, 3.63) is 17.0 Å². The number of carbonyl (C=O) groups excluding carboxylic acids is 1. The van der Waals surface area contributed by atoms with E-state index in [2.05, 4.69) is 10.5 Å². The second-order valence-electron chi connectivity index (χ2n) is 3.31. The Kier molecular flexibility index (Phi) is 3.24. The Morgan fingerprint density at radius 2 is 2.29 bits per heavy atom. The molecule has 3 N–H and O–H groups in total. The maximum atomic E-state index is 11.7. The third-order valence-electron chi connectivity index (χ3n) is 1.99. The summed E-state index contributed by atoms with van der Waals surface area (Å²) in [6, 6.07) is -0.0452. The van der Waals surface area contributed by atoms with Gasteiger partial charge in [0.2, 0.25) is 0 Å². The van der Waals surface area contributed by atoms with E-state index in [1.54, 1.807) is 13.8 Å². The normalized spacial score (nSPS) is 12.6. The van der Waals surface area contributed by atoms with Gasteiger partial charge in [0.25, 0.3) is 5.91 Å². The van der Waals surface area contributed by atoms with Gasteiger partial charge >= 0.3 is 0 Å². The predicted octanol–water partition coefficient (Wildman–Crippen LogP) is 0.368. The molecule has 5 heteroatoms. The number of aromatic nitrogens is 1. The summed E-state index contributed by atoms with van der Waals surface area (Å²) in [5.74, 6) is 0.350. The van der Waals surface area contributed by atoms with Gasteiger partial charge < -0.3 is 15.6 Å². The summed E-state index contributed by atoms with van der Waals surface area (Å²) in [7, 11) is 0. The highest BCUT2D eigenvalue weighted by Gasteiger charge is 2.18. The number of hydrogen-bond acceptors (Lipinski definition) is 4. The fourth-order valence-corrected chi connectivity index (χ4v) is 1.16. The van der Waals surface area contributed by atoms with Gasteiger partial charge in [0.15, 0.2) is 0 Å². The zero-order valence-corrected chi connectivity index (χ0v) is 8.63. The van der Waals surface area contributed by atoms with Gasteiger partial charge in [0, 0.05) is 12.6 Å². The molecule has 78 valence electrons. The lowest BCUT2D eigenvalue weighted by atomic mass is 10.2. The first-order valence-electron chi connectivity index (χ1n) is 4.50. The van der Waals surface area contributed by atoms with Crippen LogP contribution in [0.2, 0.25) is 0 Å². The lowest BCUT2D eigenvalue weighted by Crippen LogP contribution is -2.38. The highest BCUT2D eigenvalue weighted by molar-refractivity contribution is 5.96. The Morgan fingerprint density at radius 3 is 2.71 bits per heavy atom. The molecule has 1 aromatic heterocycles. The van der Waals surface area contributed by atoms with E-state index in [0.717, 1.165) is 0 Å². The molecule has 0 radical (unpaired) electrons. The first-order chi connectivity index (χ1) is 6.56. The summed E-state index contributed by atoms with van der Waals surface area (Å²) in [4.78, 5) is 11.7. The van der Waals surface area contributed by atoms with Crippen LogP contribution in [-0.2, 0) is 0 Å². The van der Waals surface area contributed by atoms with Gasteiger partial charge in [0.05, 0.1) is 5.69 Å². The minimum Gasteiger partial charge on any atom is -0.361 e. The van der Waals surface area contributed by atoms with Crippen molar-refractivity contribution in [1.82, 2.24) is 10.5 Å². The van der Waals surface area contributed by atoms with E-state index in [4.69, 9.17) is 10.3 Å². The van der Waals surface area contributed by atoms with Crippen molar-refractivity contribution in [3.8, 4) is 0 Å². The molecule has 14 heavy (non-hydrogen) atoms. The molecule has 0 bridgehead atoms. The van der Waals surface area contributed by atoms with E-state index in [0.29, 0.717) is 23.6 Å². The van der Waals surface area contributed by atoms with E-state index in [9.17, 15) is 4.79 Å². The van der Waals surface area contributed by atoms with Gasteiger partial charge in [-0.25, -0.2) is 0 Å². The van der Waals surface area contributed by atoms with E-state index in [1.165, 1.54) is 0 Å². The van der Waals surface area contributed by atoms with Crippen LogP contribution in [0.3, 0.4) is 0 Å². The number of hydrogen-bond donors (Lipinski definition) is 2. The van der Waals surface area contributed by atoms with Crippen LogP contribution in [-0.4, -0.2) is 23.7 Å². The lowest BCUT2D eigenvalue weighted by Gasteiger charge is -2.10. The van der Waals surface area contributed by atoms with E-state index < -0.39 is 0 Å². The number of nitrogens with one attached hydrogen (secondary N) is 1. The molecule has 5 nitrogen and oxygen atoms in total. The van der Waals surface area contributed by atoms with Gasteiger partial charge in [-0.2, -0.15) is 0 Å². The standard InChI is InChI=1S/C9H15N3O2/c1-5(4-10)11-9(13)8-6(2)12-14-7(8)3/h5H,4,10H2,1-3H3,(H,11,13). The zero-order valence-electron chi connectivity index (χ0n) is 8.63. The second-order valence-corrected chi connectivity index (χ2v) is 3.31. The Bertz CT molecular complexity index is 313. The Labute approximate surface area is 82.6 Å². The maximum absolute atomic E-state index is 11.7. The summed E-state index contributed by atoms with van der Waals surface area (Å²) >= 11 is 0. The molecule has 1 rings (SSSR count). The largest absolute Gasteiger partial charge is 0.361 e. The molecule has 0 aromatic carbocycles. The van der Waals surface area contributed by atoms with Crippen molar-refractivity contribution < 1.29 is 9.32 Å². The molecular formula is C9H15N3O2. The van der Waals surface area contributed by atoms with Crippen molar-refractivity contribution in [2.75, 3.05) is 6.54 Å². The van der Waals surface area contributed by atoms with E-state index >= 15 is 0 Å². The summed E-state index contributed by atoms with van der Waals surface area (Å²) in [5, 5.41) is 6.45. The van der Waals surface area contributed by atoms with Crippen LogP contribution in [0.4, 0.5) is 0 Å². The van der Waals surface area contributed by atoms with E-state index in [1.807, 2.05) is 6.92 Å². The van der Waals surface area contributed by atoms with Crippen LogP contribution in [0.15, 0.2) is 4.52 Å². The topological polar surface area (TPSA) is 81.2 Å². The van der Waals surface area contributed by atoms with Gasteiger partial charge in [0.1, 0.15) is 11.3 Å². The summed E-state index contributed by atoms with van der Waals surface area (Å²) in [5.41, 5.74) is 6.50. The summed E-state index contributed by atoms with van der Waals surface area (Å²) in [6.45, 7) is 5.70. The number of amides is 1. The van der Waals surface area contributed by atoms with Crippen LogP contribution in [0.25, 0.3) is 0 Å². The van der Waals surface area contributed by atoms with Crippen LogP contribution < -0.4 is 11.1 Å². The van der Waals surface area contributed by atoms with Crippen LogP contribution >= 0.6 is 0 Å². The minimum absolute atomic E-state index is 0.0452. The highest BCUT2D eigenvalue weighted by atomic mass is 16.5. The molecule has 1 aromatic rings. The number of carbonyl (C=O) groups is 1. The minimum atomic E-state index is -0.181. The molecule has 0 saturated heterocycles. The Morgan fingerprint density at radius 1 is 1.64 bits per heavy atom. The van der Waals surface area contributed by atoms with Gasteiger partial charge in [-0.1, -0.05) is 5.16 Å². The molecule has 0 saturated carbocycles. The smallest absolute Gasteiger partial charge is 0.257 e. The van der Waals surface area contributed by atoms with Crippen molar-refractivity contribution in [2.45, 2.75) is 26.8 Å². The van der Waals surface area contributed by atoms with Gasteiger partial charge in [-0.3, -0.25) is 4.79 Å². The third-order valence-corrected chi connectivity index (χ3v) is 1.99. The number of aryl methyl sites for hydroxylation is 2. The quantitative estimate of drug-likeness (QED) is 0.733. The lowest BCUT2D eigenvalue weighted by molar-refractivity contribution is 0.0939. The van der Waals surface area contributed by atoms with Crippen molar-refractivity contribution in [1.29, 1.82) is 0 Å². The van der Waals surface area contributed by atoms with Crippen LogP contribution in [0, 0.1) is 13.8 Å². The molecule has 1 unspecified atom stereocenters. The number of nitrogens with zero attached hydrogens (tertiary/aromatic N) is 1. The first kappa shape index (κ1) is 10.7. The molecule has 0 fully saturated rings. The summed E-state index contributed by atoms with van der Waals surface area (Å²) < 4.78 is 4.89. The van der Waals surface area contributed by atoms with Crippen molar-refractivity contribution in [2.24, 2.45) is 5.73 Å². The van der Waals surface area contributed by atoms with E-state index in [-0.39, 0.29) is 11.9 Å². The average molecular weight is 197 g/mol. The monoisotopic (exact) mass is 197 g/mol. The fraction of sp³-hybridized carbons (Fsp3) is 0.556. The molecule has 0 aliphatic heterocycles. The first-order valence-corrected chi connectivity index (χ1v) is 4.50. The number of nitrogens with two attached hydrogens (primary N) is 1. The molecule has 0 aliphatic carbocycles.